The van der Waals surface area contributed by atoms with E-state index in [-0.39, 0.29) is 11.3 Å². The molecular weight excluding hydrogens is 348 g/mol. The summed E-state index contributed by atoms with van der Waals surface area (Å²) in [6.45, 7) is 1.47. The van der Waals surface area contributed by atoms with E-state index in [4.69, 9.17) is 4.74 Å². The quantitative estimate of drug-likeness (QED) is 0.649. The molecule has 1 N–H and O–H groups in total. The standard InChI is InChI=1S/C20H16N2O5/c1-13-5-7-15(8-6-13)21-17(23)12-27-20(26)14-3-2-4-16(11-14)22-18(24)9-10-19(22)25/h2-11H,12H2,1H3,(H,21,23). The van der Waals surface area contributed by atoms with E-state index in [1.54, 1.807) is 12.1 Å². The molecule has 1 aliphatic heterocycles. The fourth-order valence-corrected chi connectivity index (χ4v) is 2.48. The van der Waals surface area contributed by atoms with Crippen LogP contribution in [0.15, 0.2) is 60.7 Å². The minimum absolute atomic E-state index is 0.128. The van der Waals surface area contributed by atoms with Gasteiger partial charge in [0.2, 0.25) is 0 Å². The molecule has 0 aliphatic carbocycles. The van der Waals surface area contributed by atoms with Crippen LogP contribution in [-0.2, 0) is 19.1 Å². The molecule has 0 saturated heterocycles. The number of hydrogen-bond donors (Lipinski definition) is 1. The number of imide groups is 1. The molecular formula is C20H16N2O5. The Morgan fingerprint density at radius 3 is 2.33 bits per heavy atom. The van der Waals surface area contributed by atoms with Gasteiger partial charge in [-0.05, 0) is 37.3 Å². The van der Waals surface area contributed by atoms with Crippen molar-refractivity contribution in [2.24, 2.45) is 0 Å². The predicted molar refractivity (Wildman–Crippen MR) is 98.2 cm³/mol. The molecule has 7 heteroatoms. The summed E-state index contributed by atoms with van der Waals surface area (Å²) in [7, 11) is 0. The molecule has 0 atom stereocenters. The molecule has 0 saturated carbocycles. The summed E-state index contributed by atoms with van der Waals surface area (Å²) in [4.78, 5) is 48.5. The number of nitrogens with one attached hydrogen (secondary N) is 1. The molecule has 2 aromatic carbocycles. The second kappa shape index (κ2) is 7.65. The number of hydrogen-bond acceptors (Lipinski definition) is 5. The van der Waals surface area contributed by atoms with Crippen LogP contribution < -0.4 is 10.2 Å². The fourth-order valence-electron chi connectivity index (χ4n) is 2.48. The number of amides is 3. The molecule has 7 nitrogen and oxygen atoms in total. The number of rotatable bonds is 5. The number of aryl methyl sites for hydroxylation is 1. The predicted octanol–water partition coefficient (Wildman–Crippen LogP) is 2.22. The van der Waals surface area contributed by atoms with Gasteiger partial charge in [-0.3, -0.25) is 14.4 Å². The molecule has 1 heterocycles. The first-order valence-electron chi connectivity index (χ1n) is 8.14. The van der Waals surface area contributed by atoms with Gasteiger partial charge in [-0.1, -0.05) is 23.8 Å². The molecule has 3 rings (SSSR count). The number of anilines is 2. The first-order valence-corrected chi connectivity index (χ1v) is 8.14. The maximum Gasteiger partial charge on any atom is 0.338 e. The van der Waals surface area contributed by atoms with Crippen LogP contribution in [0.2, 0.25) is 0 Å². The maximum absolute atomic E-state index is 12.2. The third-order valence-electron chi connectivity index (χ3n) is 3.82. The van der Waals surface area contributed by atoms with Gasteiger partial charge in [-0.2, -0.15) is 0 Å². The Kier molecular flexibility index (Phi) is 5.12. The highest BCUT2D eigenvalue weighted by molar-refractivity contribution is 6.28. The molecule has 0 fully saturated rings. The zero-order valence-electron chi connectivity index (χ0n) is 14.5. The first-order chi connectivity index (χ1) is 12.9. The van der Waals surface area contributed by atoms with E-state index in [1.807, 2.05) is 19.1 Å². The lowest BCUT2D eigenvalue weighted by Crippen LogP contribution is -2.29. The number of carbonyl (C=O) groups is 4. The monoisotopic (exact) mass is 364 g/mol. The summed E-state index contributed by atoms with van der Waals surface area (Å²) in [6.07, 6.45) is 2.31. The summed E-state index contributed by atoms with van der Waals surface area (Å²) in [5.41, 5.74) is 2.04. The van der Waals surface area contributed by atoms with E-state index in [0.29, 0.717) is 5.69 Å². The molecule has 2 aromatic rings. The highest BCUT2D eigenvalue weighted by atomic mass is 16.5. The molecule has 27 heavy (non-hydrogen) atoms. The summed E-state index contributed by atoms with van der Waals surface area (Å²) in [5, 5.41) is 2.62. The Labute approximate surface area is 155 Å². The number of benzene rings is 2. The number of carbonyl (C=O) groups excluding carboxylic acids is 4. The normalized spacial score (nSPS) is 13.0. The Hall–Kier alpha value is -3.74. The fraction of sp³-hybridized carbons (Fsp3) is 0.100. The van der Waals surface area contributed by atoms with Crippen LogP contribution in [0.3, 0.4) is 0 Å². The SMILES string of the molecule is Cc1ccc(NC(=O)COC(=O)c2cccc(N3C(=O)C=CC3=O)c2)cc1. The molecule has 0 bridgehead atoms. The lowest BCUT2D eigenvalue weighted by atomic mass is 10.2. The lowest BCUT2D eigenvalue weighted by molar-refractivity contribution is -0.120. The van der Waals surface area contributed by atoms with Gasteiger partial charge >= 0.3 is 5.97 Å². The van der Waals surface area contributed by atoms with Crippen LogP contribution in [0, 0.1) is 6.92 Å². The van der Waals surface area contributed by atoms with Crippen molar-refractivity contribution in [3.63, 3.8) is 0 Å². The Balaban J connectivity index is 1.60. The molecule has 3 amide bonds. The van der Waals surface area contributed by atoms with Crippen molar-refractivity contribution < 1.29 is 23.9 Å². The number of ether oxygens (including phenoxy) is 1. The highest BCUT2D eigenvalue weighted by Crippen LogP contribution is 2.20. The van der Waals surface area contributed by atoms with Gasteiger partial charge < -0.3 is 10.1 Å². The summed E-state index contributed by atoms with van der Waals surface area (Å²) >= 11 is 0. The van der Waals surface area contributed by atoms with Crippen molar-refractivity contribution in [2.45, 2.75) is 6.92 Å². The Bertz CT molecular complexity index is 929. The second-order valence-electron chi connectivity index (χ2n) is 5.89. The average molecular weight is 364 g/mol. The van der Waals surface area contributed by atoms with E-state index >= 15 is 0 Å². The average Bonchev–Trinajstić information content (AvgIpc) is 3.00. The van der Waals surface area contributed by atoms with Gasteiger partial charge in [0.25, 0.3) is 17.7 Å². The smallest absolute Gasteiger partial charge is 0.338 e. The molecule has 0 radical (unpaired) electrons. The van der Waals surface area contributed by atoms with Crippen LogP contribution in [0.1, 0.15) is 15.9 Å². The number of nitrogens with zero attached hydrogens (tertiary/aromatic N) is 1. The van der Waals surface area contributed by atoms with Crippen LogP contribution >= 0.6 is 0 Å². The van der Waals surface area contributed by atoms with Gasteiger partial charge in [-0.25, -0.2) is 9.69 Å². The van der Waals surface area contributed by atoms with Gasteiger partial charge in [-0.15, -0.1) is 0 Å². The van der Waals surface area contributed by atoms with Gasteiger partial charge in [0, 0.05) is 17.8 Å². The van der Waals surface area contributed by atoms with Crippen molar-refractivity contribution in [2.75, 3.05) is 16.8 Å². The van der Waals surface area contributed by atoms with E-state index in [0.717, 1.165) is 22.6 Å². The van der Waals surface area contributed by atoms with E-state index < -0.39 is 30.3 Å². The van der Waals surface area contributed by atoms with Crippen molar-refractivity contribution in [1.29, 1.82) is 0 Å². The van der Waals surface area contributed by atoms with Crippen LogP contribution in [0.5, 0.6) is 0 Å². The summed E-state index contributed by atoms with van der Waals surface area (Å²) < 4.78 is 5.00. The van der Waals surface area contributed by atoms with Crippen molar-refractivity contribution in [1.82, 2.24) is 0 Å². The third-order valence-corrected chi connectivity index (χ3v) is 3.82. The van der Waals surface area contributed by atoms with Crippen LogP contribution in [0.4, 0.5) is 11.4 Å². The van der Waals surface area contributed by atoms with Crippen LogP contribution in [-0.4, -0.2) is 30.3 Å². The second-order valence-corrected chi connectivity index (χ2v) is 5.89. The van der Waals surface area contributed by atoms with Gasteiger partial charge in [0.15, 0.2) is 6.61 Å². The molecule has 0 aromatic heterocycles. The van der Waals surface area contributed by atoms with E-state index in [9.17, 15) is 19.2 Å². The molecule has 1 aliphatic rings. The molecule has 0 spiro atoms. The highest BCUT2D eigenvalue weighted by Gasteiger charge is 2.25. The molecule has 136 valence electrons. The third kappa shape index (κ3) is 4.27. The summed E-state index contributed by atoms with van der Waals surface area (Å²) in [6, 6.07) is 13.1. The van der Waals surface area contributed by atoms with E-state index in [2.05, 4.69) is 5.32 Å². The zero-order chi connectivity index (χ0) is 19.4. The van der Waals surface area contributed by atoms with Crippen molar-refractivity contribution in [3.05, 3.63) is 71.8 Å². The lowest BCUT2D eigenvalue weighted by Gasteiger charge is -2.14. The van der Waals surface area contributed by atoms with Crippen molar-refractivity contribution in [3.8, 4) is 0 Å². The Morgan fingerprint density at radius 2 is 1.67 bits per heavy atom. The Morgan fingerprint density at radius 1 is 1.00 bits per heavy atom. The minimum Gasteiger partial charge on any atom is -0.452 e. The summed E-state index contributed by atoms with van der Waals surface area (Å²) in [5.74, 6) is -2.17. The van der Waals surface area contributed by atoms with Gasteiger partial charge in [0.1, 0.15) is 0 Å². The zero-order valence-corrected chi connectivity index (χ0v) is 14.5. The number of esters is 1. The minimum atomic E-state index is -0.733. The van der Waals surface area contributed by atoms with E-state index in [1.165, 1.54) is 24.3 Å². The van der Waals surface area contributed by atoms with Gasteiger partial charge in [0.05, 0.1) is 11.3 Å². The maximum atomic E-state index is 12.2. The topological polar surface area (TPSA) is 92.8 Å². The largest absolute Gasteiger partial charge is 0.452 e. The first kappa shape index (κ1) is 18.1. The van der Waals surface area contributed by atoms with Crippen molar-refractivity contribution >= 4 is 35.1 Å². The van der Waals surface area contributed by atoms with Crippen LogP contribution in [0.25, 0.3) is 0 Å². The molecule has 0 unspecified atom stereocenters.